The summed E-state index contributed by atoms with van der Waals surface area (Å²) in [5.74, 6) is 0.401. The number of alkyl halides is 3. The number of methoxy groups -OCH3 is 1. The molecule has 0 radical (unpaired) electrons. The Hall–Kier alpha value is -3.84. The molecular formula is C26H24F3N3O3S. The van der Waals surface area contributed by atoms with Crippen LogP contribution in [0, 0.1) is 11.3 Å². The molecule has 1 heterocycles. The zero-order chi connectivity index (χ0) is 26.1. The lowest BCUT2D eigenvalue weighted by molar-refractivity contribution is -0.137. The van der Waals surface area contributed by atoms with E-state index in [1.165, 1.54) is 25.4 Å². The highest BCUT2D eigenvalue weighted by Crippen LogP contribution is 2.31. The van der Waals surface area contributed by atoms with Gasteiger partial charge in [0, 0.05) is 17.5 Å². The van der Waals surface area contributed by atoms with E-state index in [0.717, 1.165) is 36.3 Å². The third-order valence-electron chi connectivity index (χ3n) is 5.03. The number of unbranched alkanes of at least 4 members (excludes halogenated alkanes) is 1. The number of nitrogens with one attached hydrogen (secondary N) is 1. The molecule has 1 amide bonds. The van der Waals surface area contributed by atoms with Gasteiger partial charge in [-0.05, 0) is 41.8 Å². The number of anilines is 1. The second-order valence-electron chi connectivity index (χ2n) is 7.74. The van der Waals surface area contributed by atoms with Crippen LogP contribution in [0.3, 0.4) is 0 Å². The fraction of sp³-hybridized carbons (Fsp3) is 0.269. The molecular weight excluding hydrogens is 491 g/mol. The van der Waals surface area contributed by atoms with Crippen molar-refractivity contribution in [1.82, 2.24) is 4.98 Å². The smallest absolute Gasteiger partial charge is 0.416 e. The molecule has 0 saturated carbocycles. The minimum Gasteiger partial charge on any atom is -0.493 e. The van der Waals surface area contributed by atoms with Gasteiger partial charge in [0.2, 0.25) is 0 Å². The molecule has 36 heavy (non-hydrogen) atoms. The van der Waals surface area contributed by atoms with Crippen LogP contribution >= 0.6 is 11.3 Å². The standard InChI is InChI=1S/C26H24F3N3O3S/c1-3-4-10-35-22-9-8-18(14-23(22)34-2)11-19(15-30)24(33)32-25-31-16-21(36-25)13-17-6-5-7-20(12-17)26(27,28)29/h5-9,11-12,14,16H,3-4,10,13H2,1-2H3,(H,31,32,33). The van der Waals surface area contributed by atoms with E-state index in [-0.39, 0.29) is 17.1 Å². The Labute approximate surface area is 211 Å². The number of benzene rings is 2. The first-order valence-corrected chi connectivity index (χ1v) is 11.9. The monoisotopic (exact) mass is 515 g/mol. The highest BCUT2D eigenvalue weighted by molar-refractivity contribution is 7.15. The minimum absolute atomic E-state index is 0.147. The second-order valence-corrected chi connectivity index (χ2v) is 8.86. The van der Waals surface area contributed by atoms with Crippen LogP contribution in [0.15, 0.2) is 54.2 Å². The van der Waals surface area contributed by atoms with Crippen LogP contribution in [0.5, 0.6) is 11.5 Å². The number of hydrogen-bond donors (Lipinski definition) is 1. The number of halogens is 3. The van der Waals surface area contributed by atoms with Gasteiger partial charge in [0.05, 0.1) is 19.3 Å². The van der Waals surface area contributed by atoms with Crippen molar-refractivity contribution >= 4 is 28.5 Å². The van der Waals surface area contributed by atoms with Crippen LogP contribution in [0.4, 0.5) is 18.3 Å². The Morgan fingerprint density at radius 3 is 2.72 bits per heavy atom. The third kappa shape index (κ3) is 7.33. The summed E-state index contributed by atoms with van der Waals surface area (Å²) in [4.78, 5) is 17.4. The van der Waals surface area contributed by atoms with E-state index in [1.807, 2.05) is 6.07 Å². The second kappa shape index (κ2) is 12.2. The minimum atomic E-state index is -4.42. The summed E-state index contributed by atoms with van der Waals surface area (Å²) < 4.78 is 49.9. The van der Waals surface area contributed by atoms with Crippen LogP contribution in [0.2, 0.25) is 0 Å². The average Bonchev–Trinajstić information content (AvgIpc) is 3.29. The molecule has 0 spiro atoms. The summed E-state index contributed by atoms with van der Waals surface area (Å²) in [6, 6.07) is 12.0. The van der Waals surface area contributed by atoms with E-state index < -0.39 is 17.6 Å². The Morgan fingerprint density at radius 2 is 2.03 bits per heavy atom. The van der Waals surface area contributed by atoms with Gasteiger partial charge in [-0.3, -0.25) is 10.1 Å². The fourth-order valence-electron chi connectivity index (χ4n) is 3.21. The number of rotatable bonds is 10. The van der Waals surface area contributed by atoms with Crippen LogP contribution in [0.1, 0.15) is 41.3 Å². The Bertz CT molecular complexity index is 1280. The molecule has 6 nitrogen and oxygen atoms in total. The molecule has 2 aromatic carbocycles. The summed E-state index contributed by atoms with van der Waals surface area (Å²) in [6.45, 7) is 2.61. The van der Waals surface area contributed by atoms with E-state index in [1.54, 1.807) is 24.3 Å². The number of aromatic nitrogens is 1. The molecule has 3 rings (SSSR count). The SMILES string of the molecule is CCCCOc1ccc(C=C(C#N)C(=O)Nc2ncc(Cc3cccc(C(F)(F)F)c3)s2)cc1OC. The molecule has 1 aromatic heterocycles. The Balaban J connectivity index is 1.69. The maximum absolute atomic E-state index is 12.9. The largest absolute Gasteiger partial charge is 0.493 e. The molecule has 0 bridgehead atoms. The van der Waals surface area contributed by atoms with Gasteiger partial charge >= 0.3 is 6.18 Å². The first-order valence-electron chi connectivity index (χ1n) is 11.1. The van der Waals surface area contributed by atoms with Gasteiger partial charge < -0.3 is 9.47 Å². The van der Waals surface area contributed by atoms with Gasteiger partial charge in [-0.25, -0.2) is 4.98 Å². The number of thiazole rings is 1. The van der Waals surface area contributed by atoms with Crippen molar-refractivity contribution in [3.63, 3.8) is 0 Å². The van der Waals surface area contributed by atoms with Crippen molar-refractivity contribution in [2.24, 2.45) is 0 Å². The molecule has 1 N–H and O–H groups in total. The van der Waals surface area contributed by atoms with Crippen LogP contribution in [-0.2, 0) is 17.4 Å². The summed E-state index contributed by atoms with van der Waals surface area (Å²) in [7, 11) is 1.51. The van der Waals surface area contributed by atoms with E-state index in [4.69, 9.17) is 9.47 Å². The highest BCUT2D eigenvalue weighted by atomic mass is 32.1. The zero-order valence-corrected chi connectivity index (χ0v) is 20.5. The molecule has 0 aliphatic rings. The molecule has 0 aliphatic carbocycles. The Kier molecular flexibility index (Phi) is 9.08. The number of nitriles is 1. The molecule has 0 atom stereocenters. The molecule has 188 valence electrons. The Morgan fingerprint density at radius 1 is 1.22 bits per heavy atom. The number of ether oxygens (including phenoxy) is 2. The molecule has 10 heteroatoms. The first kappa shape index (κ1) is 26.8. The predicted octanol–water partition coefficient (Wildman–Crippen LogP) is 6.49. The van der Waals surface area contributed by atoms with Gasteiger partial charge in [0.15, 0.2) is 16.6 Å². The molecule has 0 unspecified atom stereocenters. The summed E-state index contributed by atoms with van der Waals surface area (Å²) in [6.07, 6.45) is 0.612. The molecule has 0 saturated heterocycles. The summed E-state index contributed by atoms with van der Waals surface area (Å²) >= 11 is 1.12. The molecule has 0 fully saturated rings. The van der Waals surface area contributed by atoms with Crippen LogP contribution in [-0.4, -0.2) is 24.6 Å². The number of carbonyl (C=O) groups is 1. The lowest BCUT2D eigenvalue weighted by Gasteiger charge is -2.11. The third-order valence-corrected chi connectivity index (χ3v) is 5.94. The van der Waals surface area contributed by atoms with Gasteiger partial charge in [-0.1, -0.05) is 37.6 Å². The van der Waals surface area contributed by atoms with Crippen molar-refractivity contribution in [3.8, 4) is 17.6 Å². The van der Waals surface area contributed by atoms with Gasteiger partial charge in [-0.15, -0.1) is 11.3 Å². The van der Waals surface area contributed by atoms with Gasteiger partial charge in [0.1, 0.15) is 11.6 Å². The normalized spacial score (nSPS) is 11.6. The number of amides is 1. The van der Waals surface area contributed by atoms with Crippen LogP contribution in [0.25, 0.3) is 6.08 Å². The fourth-order valence-corrected chi connectivity index (χ4v) is 4.05. The van der Waals surface area contributed by atoms with E-state index in [9.17, 15) is 23.2 Å². The summed E-state index contributed by atoms with van der Waals surface area (Å²) in [5.41, 5.74) is 0.177. The van der Waals surface area contributed by atoms with Crippen molar-refractivity contribution in [1.29, 1.82) is 5.26 Å². The maximum Gasteiger partial charge on any atom is 0.416 e. The number of carbonyl (C=O) groups excluding carboxylic acids is 1. The highest BCUT2D eigenvalue weighted by Gasteiger charge is 2.30. The van der Waals surface area contributed by atoms with Crippen molar-refractivity contribution in [3.05, 3.63) is 75.8 Å². The number of hydrogen-bond acceptors (Lipinski definition) is 6. The molecule has 3 aromatic rings. The van der Waals surface area contributed by atoms with Gasteiger partial charge in [0.25, 0.3) is 5.91 Å². The lowest BCUT2D eigenvalue weighted by atomic mass is 10.1. The zero-order valence-electron chi connectivity index (χ0n) is 19.7. The summed E-state index contributed by atoms with van der Waals surface area (Å²) in [5, 5.41) is 12.3. The lowest BCUT2D eigenvalue weighted by Crippen LogP contribution is -2.13. The van der Waals surface area contributed by atoms with Gasteiger partial charge in [-0.2, -0.15) is 18.4 Å². The van der Waals surface area contributed by atoms with E-state index >= 15 is 0 Å². The predicted molar refractivity (Wildman–Crippen MR) is 132 cm³/mol. The van der Waals surface area contributed by atoms with E-state index in [2.05, 4.69) is 17.2 Å². The maximum atomic E-state index is 12.9. The molecule has 0 aliphatic heterocycles. The average molecular weight is 516 g/mol. The van der Waals surface area contributed by atoms with Crippen molar-refractivity contribution in [2.45, 2.75) is 32.4 Å². The van der Waals surface area contributed by atoms with E-state index in [0.29, 0.717) is 34.1 Å². The van der Waals surface area contributed by atoms with Crippen LogP contribution < -0.4 is 14.8 Å². The number of nitrogens with zero attached hydrogens (tertiary/aromatic N) is 2. The van der Waals surface area contributed by atoms with Crippen molar-refractivity contribution in [2.75, 3.05) is 19.0 Å². The topological polar surface area (TPSA) is 84.2 Å². The first-order chi connectivity index (χ1) is 17.2. The van der Waals surface area contributed by atoms with Crippen molar-refractivity contribution < 1.29 is 27.4 Å². The quantitative estimate of drug-likeness (QED) is 0.190.